The standard InChI is InChI=1S/C24H28N2O6/c1-15(22(29)26-14-24(2,31)11-21(27)28)12-25-23(30)32-13-20-18-9-5-3-7-16(18)17-8-4-6-10-19(17)20/h3-10,15,20,31H,11-14H2,1-2H3,(H,25,30)(H,26,29)(H,27,28). The monoisotopic (exact) mass is 440 g/mol. The minimum absolute atomic E-state index is 0.0452. The van der Waals surface area contributed by atoms with Crippen molar-refractivity contribution < 1.29 is 29.3 Å². The third-order valence-electron chi connectivity index (χ3n) is 5.52. The second-order valence-corrected chi connectivity index (χ2v) is 8.39. The normalized spacial score (nSPS) is 15.1. The van der Waals surface area contributed by atoms with Crippen LogP contribution in [0, 0.1) is 5.92 Å². The topological polar surface area (TPSA) is 125 Å². The Bertz CT molecular complexity index is 958. The smallest absolute Gasteiger partial charge is 0.407 e. The van der Waals surface area contributed by atoms with Crippen molar-refractivity contribution >= 4 is 18.0 Å². The number of carbonyl (C=O) groups is 3. The Morgan fingerprint density at radius 3 is 2.16 bits per heavy atom. The van der Waals surface area contributed by atoms with E-state index < -0.39 is 35.9 Å². The third-order valence-corrected chi connectivity index (χ3v) is 5.52. The molecular formula is C24H28N2O6. The molecule has 0 aromatic heterocycles. The maximum absolute atomic E-state index is 12.2. The van der Waals surface area contributed by atoms with Gasteiger partial charge in [-0.2, -0.15) is 0 Å². The molecule has 2 aromatic rings. The predicted molar refractivity (Wildman–Crippen MR) is 118 cm³/mol. The zero-order chi connectivity index (χ0) is 23.3. The van der Waals surface area contributed by atoms with Crippen molar-refractivity contribution in [3.63, 3.8) is 0 Å². The second-order valence-electron chi connectivity index (χ2n) is 8.39. The molecule has 32 heavy (non-hydrogen) atoms. The number of nitrogens with one attached hydrogen (secondary N) is 2. The Hall–Kier alpha value is -3.39. The van der Waals surface area contributed by atoms with Crippen LogP contribution in [0.2, 0.25) is 0 Å². The van der Waals surface area contributed by atoms with Gasteiger partial charge in [-0.1, -0.05) is 55.5 Å². The number of carboxylic acids is 1. The largest absolute Gasteiger partial charge is 0.481 e. The molecule has 8 heteroatoms. The number of hydrogen-bond donors (Lipinski definition) is 4. The SMILES string of the molecule is CC(CNC(=O)OCC1c2ccccc2-c2ccccc21)C(=O)NCC(C)(O)CC(=O)O. The molecule has 8 nitrogen and oxygen atoms in total. The number of rotatable bonds is 9. The molecule has 2 unspecified atom stereocenters. The van der Waals surface area contributed by atoms with E-state index in [1.807, 2.05) is 36.4 Å². The van der Waals surface area contributed by atoms with Gasteiger partial charge in [-0.3, -0.25) is 9.59 Å². The molecule has 0 radical (unpaired) electrons. The van der Waals surface area contributed by atoms with Gasteiger partial charge in [-0.25, -0.2) is 4.79 Å². The minimum atomic E-state index is -1.55. The summed E-state index contributed by atoms with van der Waals surface area (Å²) < 4.78 is 5.44. The first-order chi connectivity index (χ1) is 15.2. The summed E-state index contributed by atoms with van der Waals surface area (Å²) in [6, 6.07) is 16.1. The van der Waals surface area contributed by atoms with Gasteiger partial charge in [0, 0.05) is 19.0 Å². The summed E-state index contributed by atoms with van der Waals surface area (Å²) in [7, 11) is 0. The molecule has 1 aliphatic rings. The Morgan fingerprint density at radius 1 is 1.03 bits per heavy atom. The van der Waals surface area contributed by atoms with Crippen molar-refractivity contribution in [1.29, 1.82) is 0 Å². The molecular weight excluding hydrogens is 412 g/mol. The summed E-state index contributed by atoms with van der Waals surface area (Å²) in [5, 5.41) is 23.8. The molecule has 0 spiro atoms. The molecule has 4 N–H and O–H groups in total. The summed E-state index contributed by atoms with van der Waals surface area (Å²) in [5.74, 6) is -2.20. The van der Waals surface area contributed by atoms with Gasteiger partial charge in [0.1, 0.15) is 6.61 Å². The molecule has 2 aromatic carbocycles. The molecule has 0 heterocycles. The number of aliphatic hydroxyl groups is 1. The number of alkyl carbamates (subject to hydrolysis) is 1. The Labute approximate surface area is 186 Å². The van der Waals surface area contributed by atoms with Crippen LogP contribution >= 0.6 is 0 Å². The van der Waals surface area contributed by atoms with E-state index in [1.54, 1.807) is 6.92 Å². The van der Waals surface area contributed by atoms with Crippen LogP contribution in [0.3, 0.4) is 0 Å². The van der Waals surface area contributed by atoms with Crippen LogP contribution in [-0.4, -0.2) is 53.5 Å². The van der Waals surface area contributed by atoms with Gasteiger partial charge in [0.25, 0.3) is 0 Å². The van der Waals surface area contributed by atoms with Gasteiger partial charge in [0.15, 0.2) is 0 Å². The lowest BCUT2D eigenvalue weighted by Gasteiger charge is -2.22. The van der Waals surface area contributed by atoms with Crippen molar-refractivity contribution in [1.82, 2.24) is 10.6 Å². The van der Waals surface area contributed by atoms with Crippen molar-refractivity contribution in [2.24, 2.45) is 5.92 Å². The van der Waals surface area contributed by atoms with Gasteiger partial charge in [0.05, 0.1) is 17.9 Å². The average molecular weight is 440 g/mol. The Morgan fingerprint density at radius 2 is 1.59 bits per heavy atom. The Kier molecular flexibility index (Phi) is 7.15. The van der Waals surface area contributed by atoms with E-state index >= 15 is 0 Å². The molecule has 0 aliphatic heterocycles. The van der Waals surface area contributed by atoms with Gasteiger partial charge in [0.2, 0.25) is 5.91 Å². The molecule has 170 valence electrons. The maximum Gasteiger partial charge on any atom is 0.407 e. The lowest BCUT2D eigenvalue weighted by Crippen LogP contribution is -2.45. The van der Waals surface area contributed by atoms with Gasteiger partial charge in [-0.05, 0) is 29.2 Å². The lowest BCUT2D eigenvalue weighted by molar-refractivity contribution is -0.142. The number of aliphatic carboxylic acids is 1. The quantitative estimate of drug-likeness (QED) is 0.475. The minimum Gasteiger partial charge on any atom is -0.481 e. The number of hydrogen-bond acceptors (Lipinski definition) is 5. The number of carbonyl (C=O) groups excluding carboxylic acids is 2. The molecule has 0 fully saturated rings. The summed E-state index contributed by atoms with van der Waals surface area (Å²) in [5.41, 5.74) is 2.95. The van der Waals surface area contributed by atoms with Gasteiger partial charge < -0.3 is 25.6 Å². The number of amides is 2. The van der Waals surface area contributed by atoms with Gasteiger partial charge >= 0.3 is 12.1 Å². The number of benzene rings is 2. The fourth-order valence-corrected chi connectivity index (χ4v) is 3.82. The van der Waals surface area contributed by atoms with E-state index in [1.165, 1.54) is 6.92 Å². The van der Waals surface area contributed by atoms with E-state index in [0.717, 1.165) is 22.3 Å². The molecule has 3 rings (SSSR count). The highest BCUT2D eigenvalue weighted by Crippen LogP contribution is 2.44. The van der Waals surface area contributed by atoms with E-state index in [2.05, 4.69) is 22.8 Å². The van der Waals surface area contributed by atoms with E-state index in [-0.39, 0.29) is 25.6 Å². The first kappa shape index (κ1) is 23.3. The molecule has 0 saturated carbocycles. The van der Waals surface area contributed by atoms with Crippen molar-refractivity contribution in [2.75, 3.05) is 19.7 Å². The Balaban J connectivity index is 1.47. The fraction of sp³-hybridized carbons (Fsp3) is 0.375. The van der Waals surface area contributed by atoms with Crippen LogP contribution in [0.1, 0.15) is 37.3 Å². The average Bonchev–Trinajstić information content (AvgIpc) is 3.07. The van der Waals surface area contributed by atoms with Crippen molar-refractivity contribution in [3.05, 3.63) is 59.7 Å². The summed E-state index contributed by atoms with van der Waals surface area (Å²) >= 11 is 0. The number of fused-ring (bicyclic) bond motifs is 3. The zero-order valence-electron chi connectivity index (χ0n) is 18.1. The van der Waals surface area contributed by atoms with Crippen LogP contribution in [0.4, 0.5) is 4.79 Å². The first-order valence-corrected chi connectivity index (χ1v) is 10.5. The third kappa shape index (κ3) is 5.64. The predicted octanol–water partition coefficient (Wildman–Crippen LogP) is 2.50. The number of ether oxygens (including phenoxy) is 1. The summed E-state index contributed by atoms with van der Waals surface area (Å²) in [4.78, 5) is 35.1. The lowest BCUT2D eigenvalue weighted by atomic mass is 9.98. The highest BCUT2D eigenvalue weighted by Gasteiger charge is 2.29. The van der Waals surface area contributed by atoms with Crippen LogP contribution in [0.5, 0.6) is 0 Å². The molecule has 2 atom stereocenters. The van der Waals surface area contributed by atoms with Crippen LogP contribution in [-0.2, 0) is 14.3 Å². The number of carboxylic acid groups (broad SMARTS) is 1. The van der Waals surface area contributed by atoms with Crippen LogP contribution < -0.4 is 10.6 Å². The highest BCUT2D eigenvalue weighted by atomic mass is 16.5. The van der Waals surface area contributed by atoms with E-state index in [0.29, 0.717) is 0 Å². The van der Waals surface area contributed by atoms with Gasteiger partial charge in [-0.15, -0.1) is 0 Å². The van der Waals surface area contributed by atoms with Crippen molar-refractivity contribution in [2.45, 2.75) is 31.8 Å². The molecule has 1 aliphatic carbocycles. The molecule has 2 amide bonds. The highest BCUT2D eigenvalue weighted by molar-refractivity contribution is 5.80. The fourth-order valence-electron chi connectivity index (χ4n) is 3.82. The maximum atomic E-state index is 12.2. The van der Waals surface area contributed by atoms with E-state index in [9.17, 15) is 19.5 Å². The van der Waals surface area contributed by atoms with Crippen LogP contribution in [0.15, 0.2) is 48.5 Å². The summed E-state index contributed by atoms with van der Waals surface area (Å²) in [6.45, 7) is 2.97. The van der Waals surface area contributed by atoms with Crippen LogP contribution in [0.25, 0.3) is 11.1 Å². The molecule has 0 saturated heterocycles. The van der Waals surface area contributed by atoms with E-state index in [4.69, 9.17) is 9.84 Å². The second kappa shape index (κ2) is 9.82. The first-order valence-electron chi connectivity index (χ1n) is 10.5. The summed E-state index contributed by atoms with van der Waals surface area (Å²) in [6.07, 6.45) is -1.11. The molecule has 0 bridgehead atoms. The zero-order valence-corrected chi connectivity index (χ0v) is 18.1. The van der Waals surface area contributed by atoms with Crippen molar-refractivity contribution in [3.8, 4) is 11.1 Å².